The van der Waals surface area contributed by atoms with Crippen molar-refractivity contribution in [1.29, 1.82) is 0 Å². The first-order chi connectivity index (χ1) is 8.35. The molecule has 0 aliphatic rings. The van der Waals surface area contributed by atoms with E-state index >= 15 is 0 Å². The molecule has 1 amide bonds. The lowest BCUT2D eigenvalue weighted by atomic mass is 10.2. The van der Waals surface area contributed by atoms with Gasteiger partial charge in [0.1, 0.15) is 5.60 Å². The quantitative estimate of drug-likeness (QED) is 0.347. The molecular formula is C12H24N2O3S. The van der Waals surface area contributed by atoms with Crippen molar-refractivity contribution in [1.82, 2.24) is 10.6 Å². The molecule has 0 radical (unpaired) electrons. The Morgan fingerprint density at radius 2 is 1.89 bits per heavy atom. The van der Waals surface area contributed by atoms with Gasteiger partial charge in [0.2, 0.25) is 5.91 Å². The summed E-state index contributed by atoms with van der Waals surface area (Å²) >= 11 is 4.00. The molecule has 18 heavy (non-hydrogen) atoms. The van der Waals surface area contributed by atoms with Crippen molar-refractivity contribution in [2.75, 3.05) is 25.4 Å². The average molecular weight is 276 g/mol. The minimum Gasteiger partial charge on any atom is -0.459 e. The summed E-state index contributed by atoms with van der Waals surface area (Å²) in [6.45, 7) is 6.88. The van der Waals surface area contributed by atoms with Crippen LogP contribution in [-0.4, -0.2) is 42.9 Å². The molecule has 0 atom stereocenters. The molecule has 0 fully saturated rings. The van der Waals surface area contributed by atoms with E-state index in [-0.39, 0.29) is 18.4 Å². The second-order valence-electron chi connectivity index (χ2n) is 4.94. The highest BCUT2D eigenvalue weighted by Crippen LogP contribution is 2.06. The second kappa shape index (κ2) is 9.22. The fourth-order valence-electron chi connectivity index (χ4n) is 1.23. The highest BCUT2D eigenvalue weighted by atomic mass is 32.1. The summed E-state index contributed by atoms with van der Waals surface area (Å²) in [5.74, 6) is 0.382. The van der Waals surface area contributed by atoms with Crippen molar-refractivity contribution in [3.63, 3.8) is 0 Å². The Kier molecular flexibility index (Phi) is 8.83. The van der Waals surface area contributed by atoms with Gasteiger partial charge >= 0.3 is 5.97 Å². The van der Waals surface area contributed by atoms with Crippen molar-refractivity contribution in [2.24, 2.45) is 0 Å². The molecule has 0 aliphatic heterocycles. The lowest BCUT2D eigenvalue weighted by molar-refractivity contribution is -0.153. The minimum atomic E-state index is -0.453. The van der Waals surface area contributed by atoms with Gasteiger partial charge in [0, 0.05) is 18.7 Å². The Morgan fingerprint density at radius 3 is 2.44 bits per heavy atom. The van der Waals surface area contributed by atoms with Gasteiger partial charge in [0.05, 0.1) is 6.54 Å². The van der Waals surface area contributed by atoms with E-state index < -0.39 is 5.60 Å². The molecule has 0 aromatic heterocycles. The number of hydrogen-bond donors (Lipinski definition) is 3. The van der Waals surface area contributed by atoms with Gasteiger partial charge in [0.15, 0.2) is 0 Å². The molecule has 0 aromatic carbocycles. The van der Waals surface area contributed by atoms with Gasteiger partial charge in [-0.05, 0) is 33.7 Å². The van der Waals surface area contributed by atoms with E-state index in [4.69, 9.17) is 4.74 Å². The summed E-state index contributed by atoms with van der Waals surface area (Å²) in [4.78, 5) is 22.5. The molecular weight excluding hydrogens is 252 g/mol. The monoisotopic (exact) mass is 276 g/mol. The van der Waals surface area contributed by atoms with Gasteiger partial charge in [-0.25, -0.2) is 0 Å². The molecule has 0 unspecified atom stereocenters. The number of carbonyl (C=O) groups excluding carboxylic acids is 2. The largest absolute Gasteiger partial charge is 0.459 e. The van der Waals surface area contributed by atoms with Gasteiger partial charge in [-0.3, -0.25) is 9.59 Å². The van der Waals surface area contributed by atoms with Gasteiger partial charge in [0.25, 0.3) is 0 Å². The third-order valence-electron chi connectivity index (χ3n) is 1.88. The molecule has 0 aromatic rings. The summed E-state index contributed by atoms with van der Waals surface area (Å²) in [5, 5.41) is 5.68. The first-order valence-electron chi connectivity index (χ1n) is 6.15. The molecule has 0 heterocycles. The molecule has 6 heteroatoms. The maximum atomic E-state index is 11.3. The number of hydrogen-bond acceptors (Lipinski definition) is 5. The van der Waals surface area contributed by atoms with Crippen molar-refractivity contribution in [3.8, 4) is 0 Å². The number of ether oxygens (including phenoxy) is 1. The van der Waals surface area contributed by atoms with Crippen molar-refractivity contribution in [3.05, 3.63) is 0 Å². The van der Waals surface area contributed by atoms with Crippen LogP contribution in [-0.2, 0) is 14.3 Å². The number of amides is 1. The van der Waals surface area contributed by atoms with E-state index in [1.54, 1.807) is 0 Å². The lowest BCUT2D eigenvalue weighted by Crippen LogP contribution is -2.32. The van der Waals surface area contributed by atoms with Crippen LogP contribution in [0.15, 0.2) is 0 Å². The Labute approximate surface area is 114 Å². The van der Waals surface area contributed by atoms with Crippen LogP contribution in [0.3, 0.4) is 0 Å². The molecule has 0 saturated heterocycles. The minimum absolute atomic E-state index is 0.0168. The van der Waals surface area contributed by atoms with Crippen LogP contribution < -0.4 is 10.6 Å². The normalized spacial score (nSPS) is 11.1. The van der Waals surface area contributed by atoms with E-state index in [1.807, 2.05) is 20.8 Å². The molecule has 0 rings (SSSR count). The third-order valence-corrected chi connectivity index (χ3v) is 2.10. The molecule has 0 spiro atoms. The smallest absolute Gasteiger partial charge is 0.320 e. The van der Waals surface area contributed by atoms with E-state index in [9.17, 15) is 9.59 Å². The SMILES string of the molecule is CC(C)(C)OC(=O)CNCCCC(=O)NCCS. The van der Waals surface area contributed by atoms with Crippen LogP contribution in [0.4, 0.5) is 0 Å². The third kappa shape index (κ3) is 11.7. The van der Waals surface area contributed by atoms with E-state index in [1.165, 1.54) is 0 Å². The summed E-state index contributed by atoms with van der Waals surface area (Å²) in [6, 6.07) is 0. The average Bonchev–Trinajstić information content (AvgIpc) is 2.23. The summed E-state index contributed by atoms with van der Waals surface area (Å²) in [6.07, 6.45) is 1.15. The van der Waals surface area contributed by atoms with E-state index in [0.717, 1.165) is 0 Å². The molecule has 5 nitrogen and oxygen atoms in total. The van der Waals surface area contributed by atoms with Gasteiger partial charge < -0.3 is 15.4 Å². The van der Waals surface area contributed by atoms with E-state index in [0.29, 0.717) is 31.7 Å². The number of esters is 1. The fourth-order valence-corrected chi connectivity index (χ4v) is 1.34. The molecule has 0 bridgehead atoms. The van der Waals surface area contributed by atoms with E-state index in [2.05, 4.69) is 23.3 Å². The lowest BCUT2D eigenvalue weighted by Gasteiger charge is -2.19. The van der Waals surface area contributed by atoms with Gasteiger partial charge in [-0.15, -0.1) is 0 Å². The topological polar surface area (TPSA) is 67.4 Å². The van der Waals surface area contributed by atoms with Crippen molar-refractivity contribution >= 4 is 24.5 Å². The predicted molar refractivity (Wildman–Crippen MR) is 74.8 cm³/mol. The van der Waals surface area contributed by atoms with Gasteiger partial charge in [-0.2, -0.15) is 12.6 Å². The number of rotatable bonds is 8. The summed E-state index contributed by atoms with van der Waals surface area (Å²) < 4.78 is 5.13. The Balaban J connectivity index is 3.45. The Bertz CT molecular complexity index is 265. The maximum Gasteiger partial charge on any atom is 0.320 e. The number of nitrogens with one attached hydrogen (secondary N) is 2. The zero-order valence-electron chi connectivity index (χ0n) is 11.4. The maximum absolute atomic E-state index is 11.3. The van der Waals surface area contributed by atoms with Crippen LogP contribution in [0.5, 0.6) is 0 Å². The molecule has 0 saturated carbocycles. The van der Waals surface area contributed by atoms with Crippen LogP contribution in [0.2, 0.25) is 0 Å². The van der Waals surface area contributed by atoms with Crippen molar-refractivity contribution < 1.29 is 14.3 Å². The first kappa shape index (κ1) is 17.2. The van der Waals surface area contributed by atoms with Crippen LogP contribution >= 0.6 is 12.6 Å². The highest BCUT2D eigenvalue weighted by molar-refractivity contribution is 7.80. The van der Waals surface area contributed by atoms with Crippen LogP contribution in [0, 0.1) is 0 Å². The number of carbonyl (C=O) groups is 2. The zero-order valence-corrected chi connectivity index (χ0v) is 12.3. The van der Waals surface area contributed by atoms with Crippen LogP contribution in [0.25, 0.3) is 0 Å². The first-order valence-corrected chi connectivity index (χ1v) is 6.78. The summed E-state index contributed by atoms with van der Waals surface area (Å²) in [5.41, 5.74) is -0.453. The summed E-state index contributed by atoms with van der Waals surface area (Å²) in [7, 11) is 0. The van der Waals surface area contributed by atoms with Crippen molar-refractivity contribution in [2.45, 2.75) is 39.2 Å². The standard InChI is InChI=1S/C12H24N2O3S/c1-12(2,3)17-11(16)9-13-6-4-5-10(15)14-7-8-18/h13,18H,4-9H2,1-3H3,(H,14,15). The Morgan fingerprint density at radius 1 is 1.22 bits per heavy atom. The molecule has 2 N–H and O–H groups in total. The number of thiol groups is 1. The molecule has 106 valence electrons. The van der Waals surface area contributed by atoms with Crippen LogP contribution in [0.1, 0.15) is 33.6 Å². The predicted octanol–water partition coefficient (Wildman–Crippen LogP) is 0.744. The Hall–Kier alpha value is -0.750. The molecule has 0 aliphatic carbocycles. The highest BCUT2D eigenvalue weighted by Gasteiger charge is 2.15. The fraction of sp³-hybridized carbons (Fsp3) is 0.833. The zero-order chi connectivity index (χ0) is 14.0. The van der Waals surface area contributed by atoms with Gasteiger partial charge in [-0.1, -0.05) is 0 Å². The second-order valence-corrected chi connectivity index (χ2v) is 5.39.